The second-order valence-corrected chi connectivity index (χ2v) is 11.2. The highest BCUT2D eigenvalue weighted by molar-refractivity contribution is 7.89. The topological polar surface area (TPSA) is 99.3 Å². The van der Waals surface area contributed by atoms with Crippen molar-refractivity contribution < 1.29 is 22.7 Å². The van der Waals surface area contributed by atoms with E-state index in [4.69, 9.17) is 4.74 Å². The fourth-order valence-corrected chi connectivity index (χ4v) is 6.77. The predicted octanol–water partition coefficient (Wildman–Crippen LogP) is 2.14. The van der Waals surface area contributed by atoms with E-state index in [1.807, 2.05) is 0 Å². The Balaban J connectivity index is 1.30. The van der Waals surface area contributed by atoms with Gasteiger partial charge in [0.25, 0.3) is 5.91 Å². The Bertz CT molecular complexity index is 1270. The molecule has 186 valence electrons. The Labute approximate surface area is 205 Å². The Morgan fingerprint density at radius 2 is 1.83 bits per heavy atom. The zero-order valence-corrected chi connectivity index (χ0v) is 20.8. The highest BCUT2D eigenvalue weighted by Crippen LogP contribution is 2.34. The third-order valence-electron chi connectivity index (χ3n) is 7.19. The third-order valence-corrected chi connectivity index (χ3v) is 9.09. The first-order valence-corrected chi connectivity index (χ1v) is 13.4. The lowest BCUT2D eigenvalue weighted by atomic mass is 10.1. The number of benzene rings is 2. The van der Waals surface area contributed by atoms with Crippen LogP contribution >= 0.6 is 0 Å². The molecule has 0 aliphatic carbocycles. The van der Waals surface area contributed by atoms with Gasteiger partial charge < -0.3 is 19.9 Å². The summed E-state index contributed by atoms with van der Waals surface area (Å²) >= 11 is 0. The van der Waals surface area contributed by atoms with Crippen molar-refractivity contribution in [3.8, 4) is 5.75 Å². The molecule has 2 amide bonds. The van der Waals surface area contributed by atoms with Gasteiger partial charge in [-0.1, -0.05) is 12.1 Å². The van der Waals surface area contributed by atoms with Crippen molar-refractivity contribution in [2.24, 2.45) is 0 Å². The zero-order valence-electron chi connectivity index (χ0n) is 20.0. The molecule has 5 rings (SSSR count). The number of nitrogens with one attached hydrogen (secondary N) is 1. The number of piperazine rings is 1. The average Bonchev–Trinajstić information content (AvgIpc) is 3.36. The van der Waals surface area contributed by atoms with Crippen LogP contribution in [0.1, 0.15) is 24.0 Å². The molecule has 35 heavy (non-hydrogen) atoms. The van der Waals surface area contributed by atoms with E-state index in [0.29, 0.717) is 57.0 Å². The first-order valence-electron chi connectivity index (χ1n) is 11.9. The largest absolute Gasteiger partial charge is 0.482 e. The number of aryl methyl sites for hydroxylation is 1. The number of ether oxygens (including phenoxy) is 1. The molecule has 2 aromatic rings. The summed E-state index contributed by atoms with van der Waals surface area (Å²) in [5.74, 6) is -0.0399. The van der Waals surface area contributed by atoms with Gasteiger partial charge >= 0.3 is 0 Å². The van der Waals surface area contributed by atoms with Crippen LogP contribution in [0.2, 0.25) is 0 Å². The molecule has 10 heteroatoms. The van der Waals surface area contributed by atoms with Crippen molar-refractivity contribution in [2.45, 2.75) is 37.6 Å². The van der Waals surface area contributed by atoms with Crippen LogP contribution in [-0.4, -0.2) is 74.8 Å². The molecule has 1 atom stereocenters. The maximum absolute atomic E-state index is 13.5. The average molecular weight is 499 g/mol. The fraction of sp³-hybridized carbons (Fsp3) is 0.440. The van der Waals surface area contributed by atoms with E-state index >= 15 is 0 Å². The first-order chi connectivity index (χ1) is 16.8. The summed E-state index contributed by atoms with van der Waals surface area (Å²) < 4.78 is 33.7. The lowest BCUT2D eigenvalue weighted by Crippen LogP contribution is -2.54. The molecule has 3 aliphatic rings. The predicted molar refractivity (Wildman–Crippen MR) is 132 cm³/mol. The van der Waals surface area contributed by atoms with Gasteiger partial charge in [-0.25, -0.2) is 8.42 Å². The molecule has 3 aliphatic heterocycles. The van der Waals surface area contributed by atoms with Gasteiger partial charge in [0.1, 0.15) is 11.8 Å². The minimum Gasteiger partial charge on any atom is -0.482 e. The number of carbonyl (C=O) groups is 2. The van der Waals surface area contributed by atoms with E-state index in [1.54, 1.807) is 11.0 Å². The van der Waals surface area contributed by atoms with E-state index in [9.17, 15) is 18.0 Å². The number of fused-ring (bicyclic) bond motifs is 1. The maximum Gasteiger partial charge on any atom is 0.262 e. The molecule has 2 saturated heterocycles. The van der Waals surface area contributed by atoms with Gasteiger partial charge in [0.15, 0.2) is 6.61 Å². The smallest absolute Gasteiger partial charge is 0.262 e. The van der Waals surface area contributed by atoms with Crippen molar-refractivity contribution in [3.63, 3.8) is 0 Å². The van der Waals surface area contributed by atoms with Crippen molar-refractivity contribution in [1.29, 1.82) is 0 Å². The molecule has 0 aromatic heterocycles. The molecule has 2 aromatic carbocycles. The molecule has 0 bridgehead atoms. The van der Waals surface area contributed by atoms with Gasteiger partial charge in [0, 0.05) is 38.4 Å². The Morgan fingerprint density at radius 1 is 1.06 bits per heavy atom. The number of amides is 2. The molecule has 0 spiro atoms. The number of anilines is 2. The summed E-state index contributed by atoms with van der Waals surface area (Å²) in [4.78, 5) is 29.2. The highest BCUT2D eigenvalue weighted by Gasteiger charge is 2.42. The van der Waals surface area contributed by atoms with Crippen LogP contribution < -0.4 is 15.0 Å². The van der Waals surface area contributed by atoms with Crippen molar-refractivity contribution >= 4 is 33.2 Å². The number of rotatable bonds is 4. The molecule has 3 heterocycles. The molecule has 9 nitrogen and oxygen atoms in total. The van der Waals surface area contributed by atoms with Crippen LogP contribution in [0.15, 0.2) is 41.3 Å². The Morgan fingerprint density at radius 3 is 2.60 bits per heavy atom. The lowest BCUT2D eigenvalue weighted by Gasteiger charge is -2.38. The summed E-state index contributed by atoms with van der Waals surface area (Å²) in [6, 6.07) is 9.96. The lowest BCUT2D eigenvalue weighted by molar-refractivity contribution is -0.134. The van der Waals surface area contributed by atoms with Crippen LogP contribution in [0.5, 0.6) is 5.75 Å². The summed E-state index contributed by atoms with van der Waals surface area (Å²) in [5, 5.41) is 2.65. The minimum absolute atomic E-state index is 0.0430. The van der Waals surface area contributed by atoms with Crippen LogP contribution in [0.4, 0.5) is 11.4 Å². The molecule has 2 fully saturated rings. The normalized spacial score (nSPS) is 20.9. The minimum atomic E-state index is -3.92. The van der Waals surface area contributed by atoms with E-state index < -0.39 is 16.1 Å². The number of hydrogen-bond donors (Lipinski definition) is 1. The van der Waals surface area contributed by atoms with E-state index in [1.165, 1.54) is 33.3 Å². The Kier molecular flexibility index (Phi) is 6.18. The van der Waals surface area contributed by atoms with Gasteiger partial charge in [-0.05, 0) is 62.1 Å². The van der Waals surface area contributed by atoms with Gasteiger partial charge in [0.05, 0.1) is 10.6 Å². The molecule has 0 unspecified atom stereocenters. The second-order valence-electron chi connectivity index (χ2n) is 9.30. The van der Waals surface area contributed by atoms with Gasteiger partial charge in [0.2, 0.25) is 15.9 Å². The van der Waals surface area contributed by atoms with E-state index in [-0.39, 0.29) is 23.3 Å². The zero-order chi connectivity index (χ0) is 24.7. The molecule has 1 N–H and O–H groups in total. The molecule has 0 radical (unpaired) electrons. The van der Waals surface area contributed by atoms with Crippen molar-refractivity contribution in [1.82, 2.24) is 9.21 Å². The second kappa shape index (κ2) is 9.16. The van der Waals surface area contributed by atoms with E-state index in [0.717, 1.165) is 0 Å². The van der Waals surface area contributed by atoms with Gasteiger partial charge in [-0.3, -0.25) is 9.59 Å². The van der Waals surface area contributed by atoms with Gasteiger partial charge in [-0.15, -0.1) is 0 Å². The highest BCUT2D eigenvalue weighted by atomic mass is 32.2. The fourth-order valence-electron chi connectivity index (χ4n) is 5.09. The van der Waals surface area contributed by atoms with Crippen molar-refractivity contribution in [2.75, 3.05) is 49.5 Å². The summed E-state index contributed by atoms with van der Waals surface area (Å²) in [6.45, 7) is 6.93. The monoisotopic (exact) mass is 498 g/mol. The SMILES string of the molecule is Cc1cccc(N2CCN(C(=O)[C@H]3CCCN3S(=O)(=O)c3ccc4c(c3)NC(=O)CO4)CC2)c1C. The van der Waals surface area contributed by atoms with Crippen LogP contribution in [0, 0.1) is 13.8 Å². The standard InChI is InChI=1S/C25H30N4O5S/c1-17-5-3-6-21(18(17)2)27-11-13-28(14-12-27)25(31)22-7-4-10-29(22)35(32,33)19-8-9-23-20(15-19)26-24(30)16-34-23/h3,5-6,8-9,15,22H,4,7,10-14,16H2,1-2H3,(H,26,30)/t22-/m1/s1. The number of sulfonamides is 1. The molecule has 0 saturated carbocycles. The number of nitrogens with zero attached hydrogens (tertiary/aromatic N) is 3. The summed E-state index contributed by atoms with van der Waals surface area (Å²) in [5.41, 5.74) is 3.99. The van der Waals surface area contributed by atoms with E-state index in [2.05, 4.69) is 42.3 Å². The van der Waals surface area contributed by atoms with Crippen LogP contribution in [-0.2, 0) is 19.6 Å². The quantitative estimate of drug-likeness (QED) is 0.694. The van der Waals surface area contributed by atoms with Gasteiger partial charge in [-0.2, -0.15) is 4.31 Å². The Hall–Kier alpha value is -3.11. The summed E-state index contributed by atoms with van der Waals surface area (Å²) in [6.07, 6.45) is 1.13. The maximum atomic E-state index is 13.5. The van der Waals surface area contributed by atoms with Crippen LogP contribution in [0.3, 0.4) is 0 Å². The van der Waals surface area contributed by atoms with Crippen LogP contribution in [0.25, 0.3) is 0 Å². The van der Waals surface area contributed by atoms with Crippen molar-refractivity contribution in [3.05, 3.63) is 47.5 Å². The number of carbonyl (C=O) groups excluding carboxylic acids is 2. The summed E-state index contributed by atoms with van der Waals surface area (Å²) in [7, 11) is -3.92. The molecular weight excluding hydrogens is 468 g/mol. The first kappa shape index (κ1) is 23.6. The molecular formula is C25H30N4O5S. The number of hydrogen-bond acceptors (Lipinski definition) is 6. The third kappa shape index (κ3) is 4.36.